The number of amides is 1. The molecule has 0 aliphatic heterocycles. The second kappa shape index (κ2) is 10.9. The Labute approximate surface area is 97.4 Å². The second-order valence-corrected chi connectivity index (χ2v) is 3.48. The van der Waals surface area contributed by atoms with Crippen molar-refractivity contribution < 1.29 is 19.0 Å². The Hall–Kier alpha value is -0.650. The standard InChI is InChI=1S/C11H23NO4/c1-10(15-3)11(13)12-6-4-5-7-16-9-8-14-2/h10H,4-9H2,1-3H3,(H,12,13). The highest BCUT2D eigenvalue weighted by molar-refractivity contribution is 5.80. The van der Waals surface area contributed by atoms with E-state index in [1.165, 1.54) is 7.11 Å². The van der Waals surface area contributed by atoms with Crippen molar-refractivity contribution in [1.29, 1.82) is 0 Å². The molecule has 0 fully saturated rings. The van der Waals surface area contributed by atoms with Crippen LogP contribution in [0, 0.1) is 0 Å². The van der Waals surface area contributed by atoms with E-state index in [2.05, 4.69) is 5.32 Å². The molecule has 96 valence electrons. The Morgan fingerprint density at radius 3 is 2.56 bits per heavy atom. The summed E-state index contributed by atoms with van der Waals surface area (Å²) in [5, 5.41) is 2.79. The van der Waals surface area contributed by atoms with E-state index in [-0.39, 0.29) is 12.0 Å². The molecule has 0 aromatic carbocycles. The largest absolute Gasteiger partial charge is 0.382 e. The summed E-state index contributed by atoms with van der Waals surface area (Å²) < 4.78 is 15.0. The van der Waals surface area contributed by atoms with Gasteiger partial charge in [0.2, 0.25) is 5.91 Å². The maximum Gasteiger partial charge on any atom is 0.248 e. The number of rotatable bonds is 10. The number of methoxy groups -OCH3 is 2. The second-order valence-electron chi connectivity index (χ2n) is 3.48. The van der Waals surface area contributed by atoms with E-state index in [1.807, 2.05) is 0 Å². The van der Waals surface area contributed by atoms with Crippen molar-refractivity contribution in [2.24, 2.45) is 0 Å². The van der Waals surface area contributed by atoms with Gasteiger partial charge in [0.1, 0.15) is 6.10 Å². The first kappa shape index (κ1) is 15.3. The first-order chi connectivity index (χ1) is 7.72. The molecule has 0 aromatic heterocycles. The lowest BCUT2D eigenvalue weighted by molar-refractivity contribution is -0.130. The SMILES string of the molecule is COCCOCCCCNC(=O)C(C)OC. The van der Waals surface area contributed by atoms with Crippen molar-refractivity contribution in [3.63, 3.8) is 0 Å². The number of ether oxygens (including phenoxy) is 3. The van der Waals surface area contributed by atoms with Crippen LogP contribution in [0.25, 0.3) is 0 Å². The summed E-state index contributed by atoms with van der Waals surface area (Å²) in [4.78, 5) is 11.3. The van der Waals surface area contributed by atoms with Crippen LogP contribution < -0.4 is 5.32 Å². The number of unbranched alkanes of at least 4 members (excludes halogenated alkanes) is 1. The van der Waals surface area contributed by atoms with Crippen LogP contribution in [0.1, 0.15) is 19.8 Å². The molecule has 1 unspecified atom stereocenters. The average Bonchev–Trinajstić information content (AvgIpc) is 2.31. The number of nitrogens with one attached hydrogen (secondary N) is 1. The Morgan fingerprint density at radius 2 is 1.94 bits per heavy atom. The van der Waals surface area contributed by atoms with Gasteiger partial charge in [0.25, 0.3) is 0 Å². The van der Waals surface area contributed by atoms with Crippen LogP contribution in [-0.2, 0) is 19.0 Å². The molecule has 1 N–H and O–H groups in total. The molecule has 5 nitrogen and oxygen atoms in total. The summed E-state index contributed by atoms with van der Waals surface area (Å²) in [5.41, 5.74) is 0. The van der Waals surface area contributed by atoms with Crippen molar-refractivity contribution in [1.82, 2.24) is 5.32 Å². The molecule has 16 heavy (non-hydrogen) atoms. The first-order valence-corrected chi connectivity index (χ1v) is 5.59. The Kier molecular flexibility index (Phi) is 10.4. The third kappa shape index (κ3) is 8.64. The highest BCUT2D eigenvalue weighted by Gasteiger charge is 2.09. The predicted octanol–water partition coefficient (Wildman–Crippen LogP) is 0.581. The lowest BCUT2D eigenvalue weighted by atomic mass is 10.3. The molecule has 0 rings (SSSR count). The van der Waals surface area contributed by atoms with Gasteiger partial charge in [-0.25, -0.2) is 0 Å². The summed E-state index contributed by atoms with van der Waals surface area (Å²) in [6, 6.07) is 0. The Bertz CT molecular complexity index is 175. The van der Waals surface area contributed by atoms with Crippen LogP contribution in [-0.4, -0.2) is 52.6 Å². The summed E-state index contributed by atoms with van der Waals surface area (Å²) in [5.74, 6) is -0.0669. The third-order valence-corrected chi connectivity index (χ3v) is 2.17. The zero-order chi connectivity index (χ0) is 12.2. The van der Waals surface area contributed by atoms with E-state index >= 15 is 0 Å². The monoisotopic (exact) mass is 233 g/mol. The van der Waals surface area contributed by atoms with Gasteiger partial charge < -0.3 is 19.5 Å². The van der Waals surface area contributed by atoms with Crippen LogP contribution in [0.3, 0.4) is 0 Å². The molecular weight excluding hydrogens is 210 g/mol. The molecule has 5 heteroatoms. The van der Waals surface area contributed by atoms with Crippen LogP contribution in [0.5, 0.6) is 0 Å². The summed E-state index contributed by atoms with van der Waals surface area (Å²) in [7, 11) is 3.17. The summed E-state index contributed by atoms with van der Waals surface area (Å²) in [6.07, 6.45) is 1.47. The van der Waals surface area contributed by atoms with Crippen molar-refractivity contribution in [3.8, 4) is 0 Å². The predicted molar refractivity (Wildman–Crippen MR) is 61.4 cm³/mol. The smallest absolute Gasteiger partial charge is 0.248 e. The van der Waals surface area contributed by atoms with E-state index < -0.39 is 0 Å². The summed E-state index contributed by atoms with van der Waals surface area (Å²) >= 11 is 0. The Morgan fingerprint density at radius 1 is 1.19 bits per heavy atom. The van der Waals surface area contributed by atoms with E-state index in [0.29, 0.717) is 26.4 Å². The molecule has 0 saturated carbocycles. The van der Waals surface area contributed by atoms with E-state index in [9.17, 15) is 4.79 Å². The van der Waals surface area contributed by atoms with Gasteiger partial charge in [-0.2, -0.15) is 0 Å². The number of carbonyl (C=O) groups excluding carboxylic acids is 1. The van der Waals surface area contributed by atoms with Gasteiger partial charge >= 0.3 is 0 Å². The maximum absolute atomic E-state index is 11.3. The molecule has 0 radical (unpaired) electrons. The van der Waals surface area contributed by atoms with Gasteiger partial charge in [-0.05, 0) is 19.8 Å². The van der Waals surface area contributed by atoms with Crippen molar-refractivity contribution in [2.75, 3.05) is 40.6 Å². The van der Waals surface area contributed by atoms with Crippen LogP contribution in [0.2, 0.25) is 0 Å². The number of carbonyl (C=O) groups is 1. The highest BCUT2D eigenvalue weighted by Crippen LogP contribution is 1.91. The maximum atomic E-state index is 11.3. The average molecular weight is 233 g/mol. The molecule has 1 amide bonds. The molecule has 0 bridgehead atoms. The van der Waals surface area contributed by atoms with E-state index in [1.54, 1.807) is 14.0 Å². The van der Waals surface area contributed by atoms with Gasteiger partial charge in [0, 0.05) is 27.4 Å². The van der Waals surface area contributed by atoms with Gasteiger partial charge in [-0.1, -0.05) is 0 Å². The Balaban J connectivity index is 3.18. The summed E-state index contributed by atoms with van der Waals surface area (Å²) in [6.45, 7) is 4.36. The normalized spacial score (nSPS) is 12.4. The van der Waals surface area contributed by atoms with E-state index in [0.717, 1.165) is 12.8 Å². The van der Waals surface area contributed by atoms with Crippen LogP contribution in [0.4, 0.5) is 0 Å². The lowest BCUT2D eigenvalue weighted by Crippen LogP contribution is -2.34. The zero-order valence-electron chi connectivity index (χ0n) is 10.5. The fourth-order valence-electron chi connectivity index (χ4n) is 1.04. The quantitative estimate of drug-likeness (QED) is 0.561. The van der Waals surface area contributed by atoms with E-state index in [4.69, 9.17) is 14.2 Å². The fraction of sp³-hybridized carbons (Fsp3) is 0.909. The van der Waals surface area contributed by atoms with Crippen molar-refractivity contribution in [2.45, 2.75) is 25.9 Å². The minimum absolute atomic E-state index is 0.0669. The highest BCUT2D eigenvalue weighted by atomic mass is 16.5. The lowest BCUT2D eigenvalue weighted by Gasteiger charge is -2.10. The topological polar surface area (TPSA) is 56.8 Å². The third-order valence-electron chi connectivity index (χ3n) is 2.17. The molecule has 0 spiro atoms. The van der Waals surface area contributed by atoms with Crippen molar-refractivity contribution in [3.05, 3.63) is 0 Å². The molecule has 0 aromatic rings. The molecule has 0 saturated heterocycles. The fourth-order valence-corrected chi connectivity index (χ4v) is 1.04. The molecule has 0 aliphatic carbocycles. The minimum atomic E-state index is -0.377. The molecule has 0 heterocycles. The van der Waals surface area contributed by atoms with Gasteiger partial charge in [-0.15, -0.1) is 0 Å². The number of hydrogen-bond donors (Lipinski definition) is 1. The number of hydrogen-bond acceptors (Lipinski definition) is 4. The first-order valence-electron chi connectivity index (χ1n) is 5.59. The van der Waals surface area contributed by atoms with Crippen LogP contribution >= 0.6 is 0 Å². The minimum Gasteiger partial charge on any atom is -0.382 e. The molecule has 0 aliphatic rings. The van der Waals surface area contributed by atoms with Crippen molar-refractivity contribution >= 4 is 5.91 Å². The zero-order valence-corrected chi connectivity index (χ0v) is 10.5. The molecule has 1 atom stereocenters. The van der Waals surface area contributed by atoms with Gasteiger partial charge in [-0.3, -0.25) is 4.79 Å². The molecular formula is C11H23NO4. The van der Waals surface area contributed by atoms with Gasteiger partial charge in [0.05, 0.1) is 13.2 Å². The van der Waals surface area contributed by atoms with Crippen LogP contribution in [0.15, 0.2) is 0 Å². The van der Waals surface area contributed by atoms with Gasteiger partial charge in [0.15, 0.2) is 0 Å².